The van der Waals surface area contributed by atoms with Crippen LogP contribution in [0.15, 0.2) is 30.3 Å². The summed E-state index contributed by atoms with van der Waals surface area (Å²) in [4.78, 5) is 13.1. The Morgan fingerprint density at radius 3 is 2.57 bits per heavy atom. The van der Waals surface area contributed by atoms with Gasteiger partial charge in [0.25, 0.3) is 0 Å². The van der Waals surface area contributed by atoms with E-state index >= 15 is 0 Å². The largest absolute Gasteiger partial charge is 0.478 e. The predicted molar refractivity (Wildman–Crippen MR) is 87.6 cm³/mol. The molecule has 3 nitrogen and oxygen atoms in total. The monoisotopic (exact) mass is 287 g/mol. The van der Waals surface area contributed by atoms with Gasteiger partial charge in [-0.3, -0.25) is 0 Å². The van der Waals surface area contributed by atoms with E-state index in [0.29, 0.717) is 6.04 Å². The van der Waals surface area contributed by atoms with Crippen LogP contribution in [0.3, 0.4) is 0 Å². The number of hydrogen-bond donors (Lipinski definition) is 1. The van der Waals surface area contributed by atoms with Gasteiger partial charge in [-0.15, -0.1) is 0 Å². The molecule has 1 N–H and O–H groups in total. The van der Waals surface area contributed by atoms with Crippen molar-refractivity contribution >= 4 is 17.7 Å². The molecule has 1 aromatic carbocycles. The highest BCUT2D eigenvalue weighted by atomic mass is 16.4. The van der Waals surface area contributed by atoms with Crippen LogP contribution < -0.4 is 4.90 Å². The van der Waals surface area contributed by atoms with Gasteiger partial charge in [-0.05, 0) is 49.3 Å². The van der Waals surface area contributed by atoms with E-state index in [2.05, 4.69) is 24.9 Å². The van der Waals surface area contributed by atoms with Gasteiger partial charge in [0.05, 0.1) is 0 Å². The second kappa shape index (κ2) is 7.30. The third-order valence-corrected chi connectivity index (χ3v) is 4.66. The molecular weight excluding hydrogens is 262 g/mol. The molecule has 1 aliphatic rings. The zero-order valence-electron chi connectivity index (χ0n) is 13.0. The molecule has 114 valence electrons. The Kier molecular flexibility index (Phi) is 5.43. The van der Waals surface area contributed by atoms with Crippen LogP contribution in [0.4, 0.5) is 5.69 Å². The highest BCUT2D eigenvalue weighted by molar-refractivity contribution is 5.87. The normalized spacial score (nSPS) is 22.4. The molecule has 0 heterocycles. The van der Waals surface area contributed by atoms with Crippen molar-refractivity contribution in [3.05, 3.63) is 35.9 Å². The quantitative estimate of drug-likeness (QED) is 0.825. The smallest absolute Gasteiger partial charge is 0.328 e. The van der Waals surface area contributed by atoms with Crippen LogP contribution in [0.5, 0.6) is 0 Å². The van der Waals surface area contributed by atoms with Crippen molar-refractivity contribution in [2.75, 3.05) is 11.9 Å². The molecule has 0 unspecified atom stereocenters. The van der Waals surface area contributed by atoms with Gasteiger partial charge in [0.15, 0.2) is 0 Å². The van der Waals surface area contributed by atoms with Gasteiger partial charge in [-0.1, -0.05) is 31.5 Å². The lowest BCUT2D eigenvalue weighted by molar-refractivity contribution is -0.131. The van der Waals surface area contributed by atoms with Gasteiger partial charge < -0.3 is 10.0 Å². The minimum absolute atomic E-state index is 0.562. The summed E-state index contributed by atoms with van der Waals surface area (Å²) < 4.78 is 0. The van der Waals surface area contributed by atoms with Crippen LogP contribution in [0.1, 0.15) is 44.6 Å². The first-order valence-electron chi connectivity index (χ1n) is 7.84. The number of nitrogens with zero attached hydrogens (tertiary/aromatic N) is 1. The summed E-state index contributed by atoms with van der Waals surface area (Å²) in [6.45, 7) is 2.28. The molecule has 21 heavy (non-hydrogen) atoms. The number of para-hydroxylation sites is 1. The topological polar surface area (TPSA) is 40.5 Å². The minimum atomic E-state index is -0.907. The molecule has 3 heteroatoms. The van der Waals surface area contributed by atoms with Crippen LogP contribution in [0.25, 0.3) is 6.08 Å². The zero-order valence-corrected chi connectivity index (χ0v) is 13.0. The summed E-state index contributed by atoms with van der Waals surface area (Å²) in [5.74, 6) is -0.0206. The summed E-state index contributed by atoms with van der Waals surface area (Å²) in [6.07, 6.45) is 9.25. The highest BCUT2D eigenvalue weighted by Gasteiger charge is 2.23. The van der Waals surface area contributed by atoms with Crippen LogP contribution in [-0.4, -0.2) is 24.2 Å². The third kappa shape index (κ3) is 4.10. The van der Waals surface area contributed by atoms with Crippen molar-refractivity contribution in [2.45, 2.75) is 45.1 Å². The number of carboxylic acids is 1. The van der Waals surface area contributed by atoms with Crippen molar-refractivity contribution < 1.29 is 9.90 Å². The average molecular weight is 287 g/mol. The Bertz CT molecular complexity index is 502. The fourth-order valence-corrected chi connectivity index (χ4v) is 3.25. The SMILES string of the molecule is CCC1CCC(N(C)c2ccccc2C=CC(=O)O)CC1. The van der Waals surface area contributed by atoms with Crippen LogP contribution in [0, 0.1) is 5.92 Å². The summed E-state index contributed by atoms with van der Waals surface area (Å²) in [6, 6.07) is 8.58. The molecule has 0 atom stereocenters. The number of carbonyl (C=O) groups is 1. The Labute approximate surface area is 127 Å². The van der Waals surface area contributed by atoms with E-state index in [9.17, 15) is 4.79 Å². The van der Waals surface area contributed by atoms with E-state index < -0.39 is 5.97 Å². The van der Waals surface area contributed by atoms with Crippen LogP contribution in [-0.2, 0) is 4.79 Å². The fraction of sp³-hybridized carbons (Fsp3) is 0.500. The maximum Gasteiger partial charge on any atom is 0.328 e. The van der Waals surface area contributed by atoms with E-state index in [1.54, 1.807) is 6.08 Å². The first-order chi connectivity index (χ1) is 10.1. The summed E-state index contributed by atoms with van der Waals surface area (Å²) >= 11 is 0. The Balaban J connectivity index is 2.12. The zero-order chi connectivity index (χ0) is 15.2. The molecule has 1 aliphatic carbocycles. The summed E-state index contributed by atoms with van der Waals surface area (Å²) in [5.41, 5.74) is 2.09. The summed E-state index contributed by atoms with van der Waals surface area (Å²) in [5, 5.41) is 8.81. The molecule has 1 saturated carbocycles. The number of carboxylic acid groups (broad SMARTS) is 1. The molecule has 1 aromatic rings. The standard InChI is InChI=1S/C18H25NO2/c1-3-14-8-11-16(12-9-14)19(2)17-7-5-4-6-15(17)10-13-18(20)21/h4-7,10,13-14,16H,3,8-9,11-12H2,1-2H3,(H,20,21). The van der Waals surface area contributed by atoms with Gasteiger partial charge in [-0.25, -0.2) is 4.79 Å². The van der Waals surface area contributed by atoms with Crippen LogP contribution >= 0.6 is 0 Å². The molecule has 0 saturated heterocycles. The lowest BCUT2D eigenvalue weighted by Crippen LogP contribution is -2.35. The molecule has 0 spiro atoms. The average Bonchev–Trinajstić information content (AvgIpc) is 2.52. The van der Waals surface area contributed by atoms with Gasteiger partial charge in [0, 0.05) is 24.9 Å². The molecule has 0 bridgehead atoms. The fourth-order valence-electron chi connectivity index (χ4n) is 3.25. The minimum Gasteiger partial charge on any atom is -0.478 e. The number of aliphatic carboxylic acids is 1. The van der Waals surface area contributed by atoms with Gasteiger partial charge >= 0.3 is 5.97 Å². The van der Waals surface area contributed by atoms with Crippen LogP contribution in [0.2, 0.25) is 0 Å². The molecular formula is C18H25NO2. The van der Waals surface area contributed by atoms with Gasteiger partial charge in [-0.2, -0.15) is 0 Å². The third-order valence-electron chi connectivity index (χ3n) is 4.66. The molecule has 0 amide bonds. The Morgan fingerprint density at radius 2 is 1.95 bits per heavy atom. The molecule has 0 aliphatic heterocycles. The van der Waals surface area contributed by atoms with E-state index in [4.69, 9.17) is 5.11 Å². The Morgan fingerprint density at radius 1 is 1.29 bits per heavy atom. The predicted octanol–water partition coefficient (Wildman–Crippen LogP) is 4.19. The molecule has 0 radical (unpaired) electrons. The van der Waals surface area contributed by atoms with E-state index in [-0.39, 0.29) is 0 Å². The summed E-state index contributed by atoms with van der Waals surface area (Å²) in [7, 11) is 2.13. The number of anilines is 1. The number of benzene rings is 1. The molecule has 1 fully saturated rings. The highest BCUT2D eigenvalue weighted by Crippen LogP contribution is 2.32. The lowest BCUT2D eigenvalue weighted by Gasteiger charge is -2.36. The molecule has 2 rings (SSSR count). The number of rotatable bonds is 5. The van der Waals surface area contributed by atoms with E-state index in [1.807, 2.05) is 18.2 Å². The second-order valence-corrected chi connectivity index (χ2v) is 5.92. The maximum absolute atomic E-state index is 10.7. The first-order valence-corrected chi connectivity index (χ1v) is 7.84. The lowest BCUT2D eigenvalue weighted by atomic mass is 9.84. The Hall–Kier alpha value is -1.77. The second-order valence-electron chi connectivity index (χ2n) is 5.92. The number of hydrogen-bond acceptors (Lipinski definition) is 2. The van der Waals surface area contributed by atoms with Gasteiger partial charge in [0.1, 0.15) is 0 Å². The van der Waals surface area contributed by atoms with Crippen molar-refractivity contribution in [1.29, 1.82) is 0 Å². The van der Waals surface area contributed by atoms with Crippen molar-refractivity contribution in [1.82, 2.24) is 0 Å². The van der Waals surface area contributed by atoms with Crippen molar-refractivity contribution in [3.8, 4) is 0 Å². The molecule has 0 aromatic heterocycles. The van der Waals surface area contributed by atoms with E-state index in [1.165, 1.54) is 38.2 Å². The van der Waals surface area contributed by atoms with E-state index in [0.717, 1.165) is 17.2 Å². The maximum atomic E-state index is 10.7. The van der Waals surface area contributed by atoms with Gasteiger partial charge in [0.2, 0.25) is 0 Å². The first kappa shape index (κ1) is 15.6. The van der Waals surface area contributed by atoms with Crippen molar-refractivity contribution in [3.63, 3.8) is 0 Å². The van der Waals surface area contributed by atoms with Crippen molar-refractivity contribution in [2.24, 2.45) is 5.92 Å².